The number of ether oxygens (including phenoxy) is 2. The van der Waals surface area contributed by atoms with Crippen molar-refractivity contribution < 1.29 is 14.3 Å². The molecule has 84 valence electrons. The van der Waals surface area contributed by atoms with Gasteiger partial charge in [0.1, 0.15) is 11.3 Å². The number of esters is 1. The van der Waals surface area contributed by atoms with E-state index in [0.29, 0.717) is 24.5 Å². The van der Waals surface area contributed by atoms with Crippen molar-refractivity contribution in [1.82, 2.24) is 0 Å². The van der Waals surface area contributed by atoms with Crippen LogP contribution < -0.4 is 4.74 Å². The molecule has 0 fully saturated rings. The zero-order valence-electron chi connectivity index (χ0n) is 9.12. The van der Waals surface area contributed by atoms with Crippen LogP contribution in [0.25, 0.3) is 0 Å². The number of hydrogen-bond acceptors (Lipinski definition) is 4. The van der Waals surface area contributed by atoms with Crippen molar-refractivity contribution in [3.8, 4) is 5.75 Å². The lowest BCUT2D eigenvalue weighted by Crippen LogP contribution is -2.07. The summed E-state index contributed by atoms with van der Waals surface area (Å²) in [6.45, 7) is 5.09. The normalized spacial score (nSPS) is 10.0. The predicted octanol–water partition coefficient (Wildman–Crippen LogP) is 3.10. The monoisotopic (exact) mass is 228 g/mol. The Morgan fingerprint density at radius 2 is 2.00 bits per heavy atom. The highest BCUT2D eigenvalue weighted by Crippen LogP contribution is 2.24. The molecular formula is C11H16O3S. The third-order valence-electron chi connectivity index (χ3n) is 1.75. The van der Waals surface area contributed by atoms with Crippen LogP contribution in [0.15, 0.2) is 10.8 Å². The van der Waals surface area contributed by atoms with Crippen LogP contribution in [0, 0.1) is 0 Å². The van der Waals surface area contributed by atoms with Gasteiger partial charge in [-0.3, -0.25) is 0 Å². The molecule has 15 heavy (non-hydrogen) atoms. The van der Waals surface area contributed by atoms with E-state index in [1.165, 1.54) is 11.3 Å². The molecule has 1 rings (SSSR count). The van der Waals surface area contributed by atoms with Gasteiger partial charge in [-0.15, -0.1) is 11.3 Å². The average molecular weight is 228 g/mol. The van der Waals surface area contributed by atoms with Crippen LogP contribution in [0.3, 0.4) is 0 Å². The van der Waals surface area contributed by atoms with Crippen molar-refractivity contribution in [3.05, 3.63) is 16.3 Å². The SMILES string of the molecule is CCCOC(=O)c1cscc1OCCC. The molecule has 0 aromatic carbocycles. The van der Waals surface area contributed by atoms with Crippen molar-refractivity contribution in [2.24, 2.45) is 0 Å². The van der Waals surface area contributed by atoms with E-state index in [2.05, 4.69) is 0 Å². The van der Waals surface area contributed by atoms with Crippen LogP contribution in [0.1, 0.15) is 37.0 Å². The first-order chi connectivity index (χ1) is 7.29. The second-order valence-electron chi connectivity index (χ2n) is 3.13. The molecule has 0 N–H and O–H groups in total. The first-order valence-electron chi connectivity index (χ1n) is 5.15. The molecule has 0 bridgehead atoms. The van der Waals surface area contributed by atoms with E-state index in [9.17, 15) is 4.79 Å². The minimum Gasteiger partial charge on any atom is -0.492 e. The van der Waals surface area contributed by atoms with E-state index >= 15 is 0 Å². The van der Waals surface area contributed by atoms with Crippen LogP contribution in [0.2, 0.25) is 0 Å². The second-order valence-corrected chi connectivity index (χ2v) is 3.88. The fraction of sp³-hybridized carbons (Fsp3) is 0.545. The third-order valence-corrected chi connectivity index (χ3v) is 2.47. The number of carbonyl (C=O) groups excluding carboxylic acids is 1. The van der Waals surface area contributed by atoms with Gasteiger partial charge in [0.25, 0.3) is 0 Å². The maximum Gasteiger partial charge on any atom is 0.342 e. The fourth-order valence-electron chi connectivity index (χ4n) is 1.03. The van der Waals surface area contributed by atoms with Crippen LogP contribution in [0.4, 0.5) is 0 Å². The van der Waals surface area contributed by atoms with Gasteiger partial charge in [-0.05, 0) is 12.8 Å². The van der Waals surface area contributed by atoms with Crippen molar-refractivity contribution in [1.29, 1.82) is 0 Å². The van der Waals surface area contributed by atoms with Crippen molar-refractivity contribution >= 4 is 17.3 Å². The van der Waals surface area contributed by atoms with Gasteiger partial charge in [0, 0.05) is 10.8 Å². The van der Waals surface area contributed by atoms with Crippen LogP contribution in [0.5, 0.6) is 5.75 Å². The summed E-state index contributed by atoms with van der Waals surface area (Å²) in [7, 11) is 0. The number of hydrogen-bond donors (Lipinski definition) is 0. The molecule has 4 heteroatoms. The van der Waals surface area contributed by atoms with E-state index < -0.39 is 0 Å². The number of carbonyl (C=O) groups is 1. The Balaban J connectivity index is 2.58. The van der Waals surface area contributed by atoms with Gasteiger partial charge in [-0.2, -0.15) is 0 Å². The van der Waals surface area contributed by atoms with Gasteiger partial charge in [0.05, 0.1) is 13.2 Å². The average Bonchev–Trinajstić information content (AvgIpc) is 2.71. The van der Waals surface area contributed by atoms with E-state index in [1.54, 1.807) is 5.38 Å². The molecule has 0 unspecified atom stereocenters. The van der Waals surface area contributed by atoms with E-state index in [-0.39, 0.29) is 5.97 Å². The number of thiophene rings is 1. The molecule has 1 aromatic heterocycles. The summed E-state index contributed by atoms with van der Waals surface area (Å²) in [6.07, 6.45) is 1.76. The predicted molar refractivity (Wildman–Crippen MR) is 60.7 cm³/mol. The van der Waals surface area contributed by atoms with Crippen molar-refractivity contribution in [2.45, 2.75) is 26.7 Å². The first kappa shape index (κ1) is 12.0. The maximum atomic E-state index is 11.6. The molecular weight excluding hydrogens is 212 g/mol. The lowest BCUT2D eigenvalue weighted by Gasteiger charge is -2.05. The smallest absolute Gasteiger partial charge is 0.342 e. The molecule has 0 spiro atoms. The number of rotatable bonds is 6. The summed E-state index contributed by atoms with van der Waals surface area (Å²) in [5, 5.41) is 3.60. The van der Waals surface area contributed by atoms with Gasteiger partial charge >= 0.3 is 5.97 Å². The summed E-state index contributed by atoms with van der Waals surface area (Å²) in [5.41, 5.74) is 0.543. The van der Waals surface area contributed by atoms with Crippen molar-refractivity contribution in [3.63, 3.8) is 0 Å². The third kappa shape index (κ3) is 3.55. The van der Waals surface area contributed by atoms with Crippen molar-refractivity contribution in [2.75, 3.05) is 13.2 Å². The quantitative estimate of drug-likeness (QED) is 0.702. The Bertz CT molecular complexity index is 307. The summed E-state index contributed by atoms with van der Waals surface area (Å²) in [5.74, 6) is 0.354. The molecule has 0 radical (unpaired) electrons. The second kappa shape index (κ2) is 6.45. The maximum absolute atomic E-state index is 11.6. The minimum atomic E-state index is -0.288. The Labute approximate surface area is 94.0 Å². The van der Waals surface area contributed by atoms with Gasteiger partial charge in [0.2, 0.25) is 0 Å². The van der Waals surface area contributed by atoms with Gasteiger partial charge in [-0.1, -0.05) is 13.8 Å². The highest BCUT2D eigenvalue weighted by atomic mass is 32.1. The zero-order chi connectivity index (χ0) is 11.1. The topological polar surface area (TPSA) is 35.5 Å². The highest BCUT2D eigenvalue weighted by Gasteiger charge is 2.14. The van der Waals surface area contributed by atoms with Crippen LogP contribution in [-0.4, -0.2) is 19.2 Å². The van der Waals surface area contributed by atoms with E-state index in [4.69, 9.17) is 9.47 Å². The largest absolute Gasteiger partial charge is 0.492 e. The zero-order valence-corrected chi connectivity index (χ0v) is 9.93. The molecule has 1 aromatic rings. The molecule has 0 atom stereocenters. The first-order valence-corrected chi connectivity index (χ1v) is 6.10. The molecule has 0 saturated heterocycles. The molecule has 0 aliphatic carbocycles. The van der Waals surface area contributed by atoms with E-state index in [0.717, 1.165) is 12.8 Å². The van der Waals surface area contributed by atoms with E-state index in [1.807, 2.05) is 19.2 Å². The molecule has 3 nitrogen and oxygen atoms in total. The Kier molecular flexibility index (Phi) is 5.18. The van der Waals surface area contributed by atoms with Gasteiger partial charge in [-0.25, -0.2) is 4.79 Å². The molecule has 1 heterocycles. The Morgan fingerprint density at radius 1 is 1.27 bits per heavy atom. The highest BCUT2D eigenvalue weighted by molar-refractivity contribution is 7.08. The summed E-state index contributed by atoms with van der Waals surface area (Å²) in [6, 6.07) is 0. The minimum absolute atomic E-state index is 0.288. The van der Waals surface area contributed by atoms with Gasteiger partial charge < -0.3 is 9.47 Å². The fourth-order valence-corrected chi connectivity index (χ4v) is 1.77. The standard InChI is InChI=1S/C11H16O3S/c1-3-5-13-10-8-15-7-9(10)11(12)14-6-4-2/h7-8H,3-6H2,1-2H3. The Hall–Kier alpha value is -1.03. The van der Waals surface area contributed by atoms with Gasteiger partial charge in [0.15, 0.2) is 0 Å². The molecule has 0 aliphatic rings. The molecule has 0 saturated carbocycles. The lowest BCUT2D eigenvalue weighted by molar-refractivity contribution is 0.0501. The summed E-state index contributed by atoms with van der Waals surface area (Å²) < 4.78 is 10.5. The summed E-state index contributed by atoms with van der Waals surface area (Å²) >= 11 is 1.45. The molecule has 0 amide bonds. The summed E-state index contributed by atoms with van der Waals surface area (Å²) in [4.78, 5) is 11.6. The lowest BCUT2D eigenvalue weighted by atomic mass is 10.3. The van der Waals surface area contributed by atoms with Crippen LogP contribution in [-0.2, 0) is 4.74 Å². The van der Waals surface area contributed by atoms with Crippen LogP contribution >= 0.6 is 11.3 Å². The Morgan fingerprint density at radius 3 is 2.67 bits per heavy atom. The molecule has 0 aliphatic heterocycles.